The standard InChI is InChI=1S/C24H24FN11/c1-2-16-12-28-24(29-13-16)34-8-5-17(6-9-34)21-14-27-23-22(26-7-10-35(21)23)31-20-4-3-18(11-19(20)25)36-15-30-32-33-36/h3-4,7,10-15,17H,2,5-6,8-9H2,1H3,(H,26,31). The van der Waals surface area contributed by atoms with Crippen molar-refractivity contribution < 1.29 is 4.39 Å². The topological polar surface area (TPSA) is 115 Å². The molecule has 1 aromatic carbocycles. The van der Waals surface area contributed by atoms with Crippen LogP contribution in [0, 0.1) is 5.82 Å². The Bertz CT molecular complexity index is 1470. The van der Waals surface area contributed by atoms with E-state index in [1.165, 1.54) is 17.1 Å². The summed E-state index contributed by atoms with van der Waals surface area (Å²) in [5.74, 6) is 1.17. The summed E-state index contributed by atoms with van der Waals surface area (Å²) in [4.78, 5) is 20.3. The van der Waals surface area contributed by atoms with Gasteiger partial charge in [-0.2, -0.15) is 0 Å². The summed E-state index contributed by atoms with van der Waals surface area (Å²) in [6, 6.07) is 4.72. The van der Waals surface area contributed by atoms with E-state index < -0.39 is 5.82 Å². The molecule has 182 valence electrons. The first-order valence-electron chi connectivity index (χ1n) is 11.9. The SMILES string of the molecule is CCc1cnc(N2CCC(c3cnc4c(Nc5ccc(-n6cnnn6)cc5F)nccn34)CC2)nc1. The quantitative estimate of drug-likeness (QED) is 0.387. The summed E-state index contributed by atoms with van der Waals surface area (Å²) in [5, 5.41) is 14.0. The van der Waals surface area contributed by atoms with Gasteiger partial charge in [-0.15, -0.1) is 5.10 Å². The highest BCUT2D eigenvalue weighted by molar-refractivity contribution is 5.71. The van der Waals surface area contributed by atoms with Crippen LogP contribution in [-0.2, 0) is 6.42 Å². The molecule has 0 spiro atoms. The van der Waals surface area contributed by atoms with Crippen LogP contribution in [0.1, 0.15) is 36.9 Å². The lowest BCUT2D eigenvalue weighted by atomic mass is 9.94. The molecule has 11 nitrogen and oxygen atoms in total. The van der Waals surface area contributed by atoms with Crippen molar-refractivity contribution in [3.05, 3.63) is 72.6 Å². The van der Waals surface area contributed by atoms with Crippen LogP contribution in [0.15, 0.2) is 55.5 Å². The van der Waals surface area contributed by atoms with Gasteiger partial charge in [-0.3, -0.25) is 4.40 Å². The molecule has 1 fully saturated rings. The molecule has 0 radical (unpaired) electrons. The van der Waals surface area contributed by atoms with E-state index in [9.17, 15) is 4.39 Å². The number of nitrogens with zero attached hydrogens (tertiary/aromatic N) is 10. The molecule has 1 saturated heterocycles. The van der Waals surface area contributed by atoms with Gasteiger partial charge in [0.2, 0.25) is 5.95 Å². The lowest BCUT2D eigenvalue weighted by Crippen LogP contribution is -2.34. The zero-order chi connectivity index (χ0) is 24.5. The summed E-state index contributed by atoms with van der Waals surface area (Å²) in [6.07, 6.45) is 13.6. The molecule has 6 rings (SSSR count). The van der Waals surface area contributed by atoms with Crippen LogP contribution in [0.3, 0.4) is 0 Å². The van der Waals surface area contributed by atoms with E-state index in [1.807, 2.05) is 29.2 Å². The van der Waals surface area contributed by atoms with Crippen LogP contribution in [0.25, 0.3) is 11.3 Å². The average molecular weight is 486 g/mol. The Kier molecular flexibility index (Phi) is 5.68. The Hall–Kier alpha value is -4.48. The normalized spacial score (nSPS) is 14.4. The summed E-state index contributed by atoms with van der Waals surface area (Å²) < 4.78 is 18.3. The fourth-order valence-corrected chi connectivity index (χ4v) is 4.55. The number of imidazole rings is 1. The Balaban J connectivity index is 1.19. The summed E-state index contributed by atoms with van der Waals surface area (Å²) in [5.41, 5.74) is 3.72. The smallest absolute Gasteiger partial charge is 0.225 e. The van der Waals surface area contributed by atoms with Crippen molar-refractivity contribution in [2.45, 2.75) is 32.1 Å². The maximum absolute atomic E-state index is 14.8. The second kappa shape index (κ2) is 9.29. The second-order valence-corrected chi connectivity index (χ2v) is 8.70. The Morgan fingerprint density at radius 1 is 1.06 bits per heavy atom. The zero-order valence-electron chi connectivity index (χ0n) is 19.7. The molecule has 1 aliphatic rings. The lowest BCUT2D eigenvalue weighted by molar-refractivity contribution is 0.488. The van der Waals surface area contributed by atoms with Gasteiger partial charge in [0.05, 0.1) is 11.4 Å². The molecule has 0 atom stereocenters. The van der Waals surface area contributed by atoms with E-state index in [-0.39, 0.29) is 0 Å². The molecule has 1 N–H and O–H groups in total. The number of anilines is 3. The van der Waals surface area contributed by atoms with Crippen LogP contribution >= 0.6 is 0 Å². The van der Waals surface area contributed by atoms with Crippen molar-refractivity contribution >= 4 is 23.1 Å². The molecule has 0 aliphatic carbocycles. The monoisotopic (exact) mass is 485 g/mol. The fourth-order valence-electron chi connectivity index (χ4n) is 4.55. The van der Waals surface area contributed by atoms with E-state index in [0.717, 1.165) is 49.6 Å². The maximum Gasteiger partial charge on any atom is 0.225 e. The average Bonchev–Trinajstić information content (AvgIpc) is 3.61. The molecule has 0 saturated carbocycles. The van der Waals surface area contributed by atoms with Gasteiger partial charge in [-0.05, 0) is 47.4 Å². The third kappa shape index (κ3) is 4.10. The maximum atomic E-state index is 14.8. The van der Waals surface area contributed by atoms with Gasteiger partial charge < -0.3 is 10.2 Å². The number of hydrogen-bond donors (Lipinski definition) is 1. The Labute approximate surface area is 206 Å². The number of fused-ring (bicyclic) bond motifs is 1. The highest BCUT2D eigenvalue weighted by atomic mass is 19.1. The molecule has 0 amide bonds. The zero-order valence-corrected chi connectivity index (χ0v) is 19.7. The van der Waals surface area contributed by atoms with Crippen molar-refractivity contribution in [3.8, 4) is 5.69 Å². The molecule has 5 aromatic rings. The molecular weight excluding hydrogens is 461 g/mol. The number of rotatable bonds is 6. The van der Waals surface area contributed by atoms with Crippen LogP contribution in [-0.4, -0.2) is 57.6 Å². The minimum atomic E-state index is -0.444. The van der Waals surface area contributed by atoms with Gasteiger partial charge in [0.1, 0.15) is 12.1 Å². The lowest BCUT2D eigenvalue weighted by Gasteiger charge is -2.31. The molecule has 4 aromatic heterocycles. The Morgan fingerprint density at radius 3 is 2.61 bits per heavy atom. The van der Waals surface area contributed by atoms with Gasteiger partial charge in [-0.25, -0.2) is 29.0 Å². The van der Waals surface area contributed by atoms with Crippen LogP contribution in [0.5, 0.6) is 0 Å². The number of aromatic nitrogens is 9. The van der Waals surface area contributed by atoms with Gasteiger partial charge in [0, 0.05) is 61.8 Å². The predicted molar refractivity (Wildman–Crippen MR) is 131 cm³/mol. The predicted octanol–water partition coefficient (Wildman–Crippen LogP) is 3.32. The summed E-state index contributed by atoms with van der Waals surface area (Å²) in [6.45, 7) is 3.85. The third-order valence-corrected chi connectivity index (χ3v) is 6.57. The van der Waals surface area contributed by atoms with Crippen molar-refractivity contribution in [1.82, 2.24) is 44.5 Å². The molecule has 0 bridgehead atoms. The summed E-state index contributed by atoms with van der Waals surface area (Å²) >= 11 is 0. The van der Waals surface area contributed by atoms with E-state index in [2.05, 4.69) is 52.6 Å². The van der Waals surface area contributed by atoms with Crippen LogP contribution < -0.4 is 10.2 Å². The largest absolute Gasteiger partial charge is 0.341 e. The Morgan fingerprint density at radius 2 is 1.89 bits per heavy atom. The summed E-state index contributed by atoms with van der Waals surface area (Å²) in [7, 11) is 0. The molecule has 1 aliphatic heterocycles. The van der Waals surface area contributed by atoms with E-state index in [1.54, 1.807) is 18.3 Å². The number of nitrogens with one attached hydrogen (secondary N) is 1. The number of hydrogen-bond acceptors (Lipinski definition) is 9. The number of aryl methyl sites for hydroxylation is 1. The van der Waals surface area contributed by atoms with Crippen molar-refractivity contribution in [2.24, 2.45) is 0 Å². The molecular formula is C24H24FN11. The minimum Gasteiger partial charge on any atom is -0.341 e. The van der Waals surface area contributed by atoms with Gasteiger partial charge in [0.15, 0.2) is 11.5 Å². The second-order valence-electron chi connectivity index (χ2n) is 8.70. The fraction of sp³-hybridized carbons (Fsp3) is 0.292. The van der Waals surface area contributed by atoms with Gasteiger partial charge >= 0.3 is 0 Å². The highest BCUT2D eigenvalue weighted by Crippen LogP contribution is 2.31. The van der Waals surface area contributed by atoms with Crippen molar-refractivity contribution in [1.29, 1.82) is 0 Å². The highest BCUT2D eigenvalue weighted by Gasteiger charge is 2.25. The first kappa shape index (κ1) is 22.0. The molecule has 5 heterocycles. The van der Waals surface area contributed by atoms with Crippen molar-refractivity contribution in [2.75, 3.05) is 23.3 Å². The number of halogens is 1. The van der Waals surface area contributed by atoms with E-state index >= 15 is 0 Å². The van der Waals surface area contributed by atoms with Gasteiger partial charge in [-0.1, -0.05) is 6.92 Å². The number of piperidine rings is 1. The minimum absolute atomic E-state index is 0.291. The molecule has 0 unspecified atom stereocenters. The van der Waals surface area contributed by atoms with Gasteiger partial charge in [0.25, 0.3) is 0 Å². The first-order chi connectivity index (χ1) is 17.7. The van der Waals surface area contributed by atoms with Crippen molar-refractivity contribution in [3.63, 3.8) is 0 Å². The third-order valence-electron chi connectivity index (χ3n) is 6.57. The van der Waals surface area contributed by atoms with Crippen LogP contribution in [0.4, 0.5) is 21.8 Å². The van der Waals surface area contributed by atoms with E-state index in [0.29, 0.717) is 28.8 Å². The molecule has 12 heteroatoms. The number of tetrazole rings is 1. The first-order valence-corrected chi connectivity index (χ1v) is 11.9. The number of benzene rings is 1. The molecule has 36 heavy (non-hydrogen) atoms. The van der Waals surface area contributed by atoms with Crippen LogP contribution in [0.2, 0.25) is 0 Å². The van der Waals surface area contributed by atoms with E-state index in [4.69, 9.17) is 0 Å².